The zero-order valence-corrected chi connectivity index (χ0v) is 8.77. The van der Waals surface area contributed by atoms with Gasteiger partial charge in [-0.3, -0.25) is 0 Å². The van der Waals surface area contributed by atoms with E-state index in [2.05, 4.69) is 10.6 Å². The number of nitrogens with one attached hydrogen (secondary N) is 2. The molecule has 0 amide bonds. The summed E-state index contributed by atoms with van der Waals surface area (Å²) in [4.78, 5) is 9.47. The van der Waals surface area contributed by atoms with Crippen LogP contribution in [0.3, 0.4) is 0 Å². The van der Waals surface area contributed by atoms with Crippen molar-refractivity contribution in [1.82, 2.24) is 20.6 Å². The molecule has 2 aliphatic rings. The van der Waals surface area contributed by atoms with Crippen LogP contribution in [0.2, 0.25) is 0 Å². The Bertz CT molecular complexity index is 507. The number of nitrogens with zero attached hydrogens (tertiary/aromatic N) is 2. The van der Waals surface area contributed by atoms with Gasteiger partial charge in [0.25, 0.3) is 0 Å². The topological polar surface area (TPSA) is 69.7 Å². The Morgan fingerprint density at radius 2 is 1.31 bits per heavy atom. The van der Waals surface area contributed by atoms with Crippen LogP contribution in [-0.4, -0.2) is 23.1 Å². The first kappa shape index (κ1) is 8.61. The maximum atomic E-state index is 4.73. The van der Waals surface area contributed by atoms with Gasteiger partial charge in [-0.2, -0.15) is 0 Å². The third-order valence-electron chi connectivity index (χ3n) is 3.10. The first-order chi connectivity index (χ1) is 7.92. The Morgan fingerprint density at radius 1 is 0.875 bits per heavy atom. The second-order valence-electron chi connectivity index (χ2n) is 4.40. The van der Waals surface area contributed by atoms with E-state index in [0.29, 0.717) is 12.1 Å². The van der Waals surface area contributed by atoms with Gasteiger partial charge in [0.1, 0.15) is 0 Å². The van der Waals surface area contributed by atoms with Crippen LogP contribution in [0.25, 0.3) is 11.0 Å². The first-order valence-electron chi connectivity index (χ1n) is 5.65. The number of para-hydroxylation sites is 2. The zero-order chi connectivity index (χ0) is 10.5. The molecule has 16 heavy (non-hydrogen) atoms. The van der Waals surface area contributed by atoms with Crippen LogP contribution in [0, 0.1) is 0 Å². The summed E-state index contributed by atoms with van der Waals surface area (Å²) < 4.78 is 0. The number of benzene rings is 1. The molecule has 1 aromatic heterocycles. The largest absolute Gasteiger partial charge is 0.306 e. The van der Waals surface area contributed by atoms with E-state index in [0.717, 1.165) is 35.5 Å². The maximum Gasteiger partial charge on any atom is 0.0891 e. The van der Waals surface area contributed by atoms with Crippen LogP contribution in [0.4, 0.5) is 0 Å². The Kier molecular flexibility index (Phi) is 1.61. The van der Waals surface area contributed by atoms with Crippen LogP contribution in [-0.2, 0) is 0 Å². The van der Waals surface area contributed by atoms with E-state index < -0.39 is 0 Å². The first-order valence-corrected chi connectivity index (χ1v) is 5.65. The van der Waals surface area contributed by atoms with Gasteiger partial charge in [0, 0.05) is 13.1 Å². The van der Waals surface area contributed by atoms with Crippen LogP contribution in [0.15, 0.2) is 24.3 Å². The average molecular weight is 212 g/mol. The van der Waals surface area contributed by atoms with E-state index in [4.69, 9.17) is 9.97 Å². The molecule has 2 N–H and O–H groups in total. The molecule has 0 aliphatic carbocycles. The fourth-order valence-electron chi connectivity index (χ4n) is 2.04. The number of hydrogen-bond donors (Lipinski definition) is 2. The summed E-state index contributed by atoms with van der Waals surface area (Å²) in [6.07, 6.45) is 0. The normalized spacial score (nSPS) is 27.0. The molecular formula is C12H12N4. The van der Waals surface area contributed by atoms with Crippen molar-refractivity contribution in [3.05, 3.63) is 35.7 Å². The molecule has 4 rings (SSSR count). The number of aromatic nitrogens is 2. The summed E-state index contributed by atoms with van der Waals surface area (Å²) in [5.41, 5.74) is 4.26. The number of hydrogen-bond acceptors (Lipinski definition) is 4. The molecule has 0 bridgehead atoms. The van der Waals surface area contributed by atoms with Crippen molar-refractivity contribution in [2.75, 3.05) is 13.1 Å². The van der Waals surface area contributed by atoms with Crippen molar-refractivity contribution in [3.8, 4) is 0 Å². The summed E-state index contributed by atoms with van der Waals surface area (Å²) in [7, 11) is 0. The van der Waals surface area contributed by atoms with Gasteiger partial charge < -0.3 is 10.6 Å². The molecule has 0 spiro atoms. The predicted octanol–water partition coefficient (Wildman–Crippen LogP) is 0.918. The predicted molar refractivity (Wildman–Crippen MR) is 61.0 cm³/mol. The van der Waals surface area contributed by atoms with Crippen molar-refractivity contribution < 1.29 is 0 Å². The monoisotopic (exact) mass is 212 g/mol. The van der Waals surface area contributed by atoms with E-state index in [-0.39, 0.29) is 0 Å². The molecule has 3 heterocycles. The molecule has 2 aliphatic heterocycles. The Balaban J connectivity index is 1.97. The van der Waals surface area contributed by atoms with Gasteiger partial charge in [-0.1, -0.05) is 12.1 Å². The fourth-order valence-corrected chi connectivity index (χ4v) is 2.04. The summed E-state index contributed by atoms with van der Waals surface area (Å²) >= 11 is 0. The van der Waals surface area contributed by atoms with Crippen LogP contribution >= 0.6 is 0 Å². The second-order valence-corrected chi connectivity index (χ2v) is 4.40. The highest BCUT2D eigenvalue weighted by Gasteiger charge is 2.34. The zero-order valence-electron chi connectivity index (χ0n) is 8.77. The Labute approximate surface area is 93.1 Å². The number of rotatable bonds is 2. The van der Waals surface area contributed by atoms with E-state index in [9.17, 15) is 0 Å². The third kappa shape index (κ3) is 1.31. The van der Waals surface area contributed by atoms with Gasteiger partial charge >= 0.3 is 0 Å². The molecule has 4 nitrogen and oxygen atoms in total. The summed E-state index contributed by atoms with van der Waals surface area (Å²) in [5.74, 6) is 0. The van der Waals surface area contributed by atoms with E-state index in [1.807, 2.05) is 24.3 Å². The minimum Gasteiger partial charge on any atom is -0.306 e. The highest BCUT2D eigenvalue weighted by Crippen LogP contribution is 2.31. The van der Waals surface area contributed by atoms with Crippen molar-refractivity contribution >= 4 is 11.0 Å². The highest BCUT2D eigenvalue weighted by atomic mass is 15.1. The maximum absolute atomic E-state index is 4.73. The minimum atomic E-state index is 0.425. The molecule has 2 aromatic rings. The molecule has 0 unspecified atom stereocenters. The van der Waals surface area contributed by atoms with Gasteiger partial charge in [0.15, 0.2) is 0 Å². The molecule has 1 aromatic carbocycles. The molecule has 2 saturated heterocycles. The lowest BCUT2D eigenvalue weighted by Gasteiger charge is -2.06. The minimum absolute atomic E-state index is 0.425. The fraction of sp³-hybridized carbons (Fsp3) is 0.333. The standard InChI is InChI=1S/C12H12N4/c1-2-4-8-7(3-1)15-11(9-5-13-9)12(16-8)10-6-14-10/h1-4,9-10,13-14H,5-6H2/t9-,10-/m0/s1. The van der Waals surface area contributed by atoms with Crippen LogP contribution < -0.4 is 10.6 Å². The lowest BCUT2D eigenvalue weighted by atomic mass is 10.1. The van der Waals surface area contributed by atoms with Gasteiger partial charge in [-0.15, -0.1) is 0 Å². The molecule has 0 radical (unpaired) electrons. The summed E-state index contributed by atoms with van der Waals surface area (Å²) in [6.45, 7) is 2.07. The highest BCUT2D eigenvalue weighted by molar-refractivity contribution is 5.74. The van der Waals surface area contributed by atoms with E-state index in [1.165, 1.54) is 0 Å². The van der Waals surface area contributed by atoms with E-state index in [1.54, 1.807) is 0 Å². The van der Waals surface area contributed by atoms with Crippen molar-refractivity contribution in [2.24, 2.45) is 0 Å². The van der Waals surface area contributed by atoms with Gasteiger partial charge in [-0.05, 0) is 12.1 Å². The third-order valence-corrected chi connectivity index (χ3v) is 3.10. The number of fused-ring (bicyclic) bond motifs is 1. The lowest BCUT2D eigenvalue weighted by molar-refractivity contribution is 0.891. The molecule has 4 heteroatoms. The van der Waals surface area contributed by atoms with Gasteiger partial charge in [0.2, 0.25) is 0 Å². The quantitative estimate of drug-likeness (QED) is 0.726. The van der Waals surface area contributed by atoms with Crippen LogP contribution in [0.1, 0.15) is 23.5 Å². The van der Waals surface area contributed by atoms with Crippen molar-refractivity contribution in [2.45, 2.75) is 12.1 Å². The van der Waals surface area contributed by atoms with Gasteiger partial charge in [-0.25, -0.2) is 9.97 Å². The lowest BCUT2D eigenvalue weighted by Crippen LogP contribution is -2.03. The SMILES string of the molecule is c1ccc2nc([C@@H]3CN3)c([C@@H]3CN3)nc2c1. The summed E-state index contributed by atoms with van der Waals surface area (Å²) in [6, 6.07) is 8.92. The van der Waals surface area contributed by atoms with Crippen LogP contribution in [0.5, 0.6) is 0 Å². The molecule has 2 fully saturated rings. The van der Waals surface area contributed by atoms with Crippen molar-refractivity contribution in [3.63, 3.8) is 0 Å². The second kappa shape index (κ2) is 2.99. The smallest absolute Gasteiger partial charge is 0.0891 e. The molecule has 80 valence electrons. The van der Waals surface area contributed by atoms with Gasteiger partial charge in [0.05, 0.1) is 34.5 Å². The Hall–Kier alpha value is -1.52. The Morgan fingerprint density at radius 3 is 1.69 bits per heavy atom. The van der Waals surface area contributed by atoms with E-state index >= 15 is 0 Å². The van der Waals surface area contributed by atoms with Crippen molar-refractivity contribution in [1.29, 1.82) is 0 Å². The average Bonchev–Trinajstić information content (AvgIpc) is 3.19. The molecule has 0 saturated carbocycles. The summed E-state index contributed by atoms with van der Waals surface area (Å²) in [5, 5.41) is 6.62. The molecule has 2 atom stereocenters. The molecular weight excluding hydrogens is 200 g/mol.